The van der Waals surface area contributed by atoms with Gasteiger partial charge in [0.05, 0.1) is 17.7 Å². The number of aliphatic hydroxyl groups is 1. The fraction of sp³-hybridized carbons (Fsp3) is 0.667. The van der Waals surface area contributed by atoms with E-state index in [1.165, 1.54) is 4.88 Å². The molecule has 1 aromatic rings. The average Bonchev–Trinajstić information content (AvgIpc) is 2.86. The van der Waals surface area contributed by atoms with Crippen molar-refractivity contribution in [2.45, 2.75) is 31.9 Å². The van der Waals surface area contributed by atoms with Gasteiger partial charge < -0.3 is 15.2 Å². The summed E-state index contributed by atoms with van der Waals surface area (Å²) in [5.74, 6) is 0.431. The Bertz CT molecular complexity index is 369. The Hall–Kier alpha value is -0.100. The normalized spacial score (nSPS) is 24.2. The third-order valence-corrected chi connectivity index (χ3v) is 5.16. The molecular formula is C12H18BrNO2S. The number of aliphatic hydroxyl groups excluding tert-OH is 1. The molecule has 0 amide bonds. The van der Waals surface area contributed by atoms with Crippen LogP contribution in [0.2, 0.25) is 0 Å². The molecule has 2 N–H and O–H groups in total. The van der Waals surface area contributed by atoms with Gasteiger partial charge in [-0.25, -0.2) is 0 Å². The number of hydrogen-bond acceptors (Lipinski definition) is 4. The lowest BCUT2D eigenvalue weighted by atomic mass is 10.1. The minimum atomic E-state index is -0.105. The molecule has 0 saturated heterocycles. The van der Waals surface area contributed by atoms with E-state index in [-0.39, 0.29) is 6.10 Å². The number of hydrogen-bond donors (Lipinski definition) is 2. The molecule has 2 rings (SSSR count). The molecule has 96 valence electrons. The van der Waals surface area contributed by atoms with Gasteiger partial charge in [-0.1, -0.05) is 6.42 Å². The molecule has 0 bridgehead atoms. The third-order valence-electron chi connectivity index (χ3n) is 3.22. The van der Waals surface area contributed by atoms with Crippen LogP contribution >= 0.6 is 27.3 Å². The SMILES string of the molecule is COc1sc(CNCC2CCCC2O)cc1Br. The van der Waals surface area contributed by atoms with Crippen LogP contribution in [0.5, 0.6) is 5.06 Å². The van der Waals surface area contributed by atoms with E-state index in [1.807, 2.05) is 0 Å². The molecule has 1 aromatic heterocycles. The van der Waals surface area contributed by atoms with Crippen LogP contribution in [0.3, 0.4) is 0 Å². The predicted molar refractivity (Wildman–Crippen MR) is 73.6 cm³/mol. The predicted octanol–water partition coefficient (Wildman–Crippen LogP) is 2.77. The van der Waals surface area contributed by atoms with Gasteiger partial charge >= 0.3 is 0 Å². The van der Waals surface area contributed by atoms with E-state index in [0.29, 0.717) is 5.92 Å². The first-order valence-electron chi connectivity index (χ1n) is 5.91. The molecule has 1 aliphatic carbocycles. The first-order chi connectivity index (χ1) is 8.20. The molecule has 17 heavy (non-hydrogen) atoms. The minimum Gasteiger partial charge on any atom is -0.486 e. The van der Waals surface area contributed by atoms with Crippen molar-refractivity contribution in [2.75, 3.05) is 13.7 Å². The smallest absolute Gasteiger partial charge is 0.188 e. The van der Waals surface area contributed by atoms with Gasteiger partial charge in [0.15, 0.2) is 5.06 Å². The van der Waals surface area contributed by atoms with E-state index in [1.54, 1.807) is 18.4 Å². The topological polar surface area (TPSA) is 41.5 Å². The summed E-state index contributed by atoms with van der Waals surface area (Å²) in [6, 6.07) is 2.08. The van der Waals surface area contributed by atoms with E-state index >= 15 is 0 Å². The van der Waals surface area contributed by atoms with E-state index in [4.69, 9.17) is 4.74 Å². The summed E-state index contributed by atoms with van der Waals surface area (Å²) in [6.07, 6.45) is 3.16. The van der Waals surface area contributed by atoms with Crippen LogP contribution in [0, 0.1) is 5.92 Å². The van der Waals surface area contributed by atoms with Crippen LogP contribution in [0.15, 0.2) is 10.5 Å². The highest BCUT2D eigenvalue weighted by Gasteiger charge is 2.24. The molecular weight excluding hydrogens is 302 g/mol. The number of nitrogens with one attached hydrogen (secondary N) is 1. The molecule has 1 aliphatic rings. The number of rotatable bonds is 5. The highest BCUT2D eigenvalue weighted by atomic mass is 79.9. The van der Waals surface area contributed by atoms with E-state index in [0.717, 1.165) is 41.9 Å². The molecule has 3 nitrogen and oxygen atoms in total. The monoisotopic (exact) mass is 319 g/mol. The average molecular weight is 320 g/mol. The molecule has 1 fully saturated rings. The van der Waals surface area contributed by atoms with Crippen molar-refractivity contribution in [2.24, 2.45) is 5.92 Å². The maximum Gasteiger partial charge on any atom is 0.188 e. The summed E-state index contributed by atoms with van der Waals surface area (Å²) in [7, 11) is 1.68. The Morgan fingerprint density at radius 1 is 1.59 bits per heavy atom. The number of halogens is 1. The highest BCUT2D eigenvalue weighted by molar-refractivity contribution is 9.10. The van der Waals surface area contributed by atoms with Crippen LogP contribution in [0.25, 0.3) is 0 Å². The second kappa shape index (κ2) is 6.18. The third kappa shape index (κ3) is 3.44. The van der Waals surface area contributed by atoms with Crippen molar-refractivity contribution in [1.29, 1.82) is 0 Å². The Morgan fingerprint density at radius 2 is 2.41 bits per heavy atom. The van der Waals surface area contributed by atoms with Crippen molar-refractivity contribution >= 4 is 27.3 Å². The zero-order valence-electron chi connectivity index (χ0n) is 9.91. The lowest BCUT2D eigenvalue weighted by molar-refractivity contribution is 0.131. The zero-order valence-corrected chi connectivity index (χ0v) is 12.3. The number of ether oxygens (including phenoxy) is 1. The Morgan fingerprint density at radius 3 is 3.00 bits per heavy atom. The van der Waals surface area contributed by atoms with Gasteiger partial charge in [-0.15, -0.1) is 11.3 Å². The van der Waals surface area contributed by atoms with Crippen LogP contribution in [0.4, 0.5) is 0 Å². The van der Waals surface area contributed by atoms with E-state index in [2.05, 4.69) is 27.3 Å². The number of methoxy groups -OCH3 is 1. The summed E-state index contributed by atoms with van der Waals surface area (Å²) in [6.45, 7) is 1.74. The maximum absolute atomic E-state index is 9.71. The Labute approximate surface area is 114 Å². The van der Waals surface area contributed by atoms with Gasteiger partial charge in [-0.05, 0) is 40.8 Å². The summed E-state index contributed by atoms with van der Waals surface area (Å²) in [5, 5.41) is 14.0. The lowest BCUT2D eigenvalue weighted by Crippen LogP contribution is -2.27. The van der Waals surface area contributed by atoms with Gasteiger partial charge in [0, 0.05) is 18.0 Å². The largest absolute Gasteiger partial charge is 0.486 e. The van der Waals surface area contributed by atoms with E-state index in [9.17, 15) is 5.11 Å². The molecule has 0 aromatic carbocycles. The van der Waals surface area contributed by atoms with Crippen LogP contribution in [-0.2, 0) is 6.54 Å². The first-order valence-corrected chi connectivity index (χ1v) is 7.52. The minimum absolute atomic E-state index is 0.105. The van der Waals surface area contributed by atoms with Crippen molar-refractivity contribution in [3.05, 3.63) is 15.4 Å². The molecule has 1 saturated carbocycles. The van der Waals surface area contributed by atoms with Crippen molar-refractivity contribution in [1.82, 2.24) is 5.32 Å². The summed E-state index contributed by atoms with van der Waals surface area (Å²) < 4.78 is 6.24. The Kier molecular flexibility index (Phi) is 4.85. The summed E-state index contributed by atoms with van der Waals surface area (Å²) >= 11 is 5.11. The molecule has 2 unspecified atom stereocenters. The van der Waals surface area contributed by atoms with Crippen LogP contribution < -0.4 is 10.1 Å². The standard InChI is InChI=1S/C12H18BrNO2S/c1-16-12-10(13)5-9(17-12)7-14-6-8-3-2-4-11(8)15/h5,8,11,14-15H,2-4,6-7H2,1H3. The van der Waals surface area contributed by atoms with Crippen molar-refractivity contribution in [3.8, 4) is 5.06 Å². The molecule has 2 atom stereocenters. The van der Waals surface area contributed by atoms with Gasteiger partial charge in [0.25, 0.3) is 0 Å². The van der Waals surface area contributed by atoms with Crippen molar-refractivity contribution < 1.29 is 9.84 Å². The second-order valence-electron chi connectivity index (χ2n) is 4.44. The molecule has 5 heteroatoms. The highest BCUT2D eigenvalue weighted by Crippen LogP contribution is 2.34. The van der Waals surface area contributed by atoms with E-state index < -0.39 is 0 Å². The second-order valence-corrected chi connectivity index (χ2v) is 6.40. The first kappa shape index (κ1) is 13.3. The molecule has 1 heterocycles. The Balaban J connectivity index is 1.77. The molecule has 0 aliphatic heterocycles. The molecule has 0 spiro atoms. The van der Waals surface area contributed by atoms with Gasteiger partial charge in [-0.3, -0.25) is 0 Å². The fourth-order valence-electron chi connectivity index (χ4n) is 2.26. The van der Waals surface area contributed by atoms with Gasteiger partial charge in [0.2, 0.25) is 0 Å². The fourth-order valence-corrected chi connectivity index (χ4v) is 3.92. The number of thiophene rings is 1. The van der Waals surface area contributed by atoms with Gasteiger partial charge in [0.1, 0.15) is 0 Å². The van der Waals surface area contributed by atoms with Crippen molar-refractivity contribution in [3.63, 3.8) is 0 Å². The quantitative estimate of drug-likeness (QED) is 0.876. The van der Waals surface area contributed by atoms with Gasteiger partial charge in [-0.2, -0.15) is 0 Å². The maximum atomic E-state index is 9.71. The van der Waals surface area contributed by atoms with Crippen LogP contribution in [-0.4, -0.2) is 24.9 Å². The van der Waals surface area contributed by atoms with Crippen LogP contribution in [0.1, 0.15) is 24.1 Å². The molecule has 0 radical (unpaired) electrons. The zero-order chi connectivity index (χ0) is 12.3. The summed E-state index contributed by atoms with van der Waals surface area (Å²) in [4.78, 5) is 1.25. The summed E-state index contributed by atoms with van der Waals surface area (Å²) in [5.41, 5.74) is 0. The lowest BCUT2D eigenvalue weighted by Gasteiger charge is -2.14.